The summed E-state index contributed by atoms with van der Waals surface area (Å²) < 4.78 is 22.2. The Hall–Kier alpha value is -2.60. The largest absolute Gasteiger partial charge is 0.497 e. The SMILES string of the molecule is COc1ccc(Cl)c(-c2cc3c(cc2OC)C(OC(N)=O)C(C)(C)CO3)c1. The number of nitrogens with two attached hydrogens (primary N) is 1. The molecule has 144 valence electrons. The summed E-state index contributed by atoms with van der Waals surface area (Å²) in [6, 6.07) is 9.01. The maximum atomic E-state index is 11.4. The second kappa shape index (κ2) is 7.19. The van der Waals surface area contributed by atoms with Gasteiger partial charge in [-0.05, 0) is 30.3 Å². The van der Waals surface area contributed by atoms with E-state index in [1.165, 1.54) is 0 Å². The molecular weight excluding hydrogens is 370 g/mol. The van der Waals surface area contributed by atoms with Crippen LogP contribution in [0.2, 0.25) is 5.02 Å². The summed E-state index contributed by atoms with van der Waals surface area (Å²) in [5, 5.41) is 0.551. The maximum absolute atomic E-state index is 11.4. The Morgan fingerprint density at radius 3 is 2.56 bits per heavy atom. The molecule has 1 amide bonds. The van der Waals surface area contributed by atoms with Gasteiger partial charge < -0.3 is 24.7 Å². The van der Waals surface area contributed by atoms with Crippen LogP contribution in [0.4, 0.5) is 4.79 Å². The zero-order chi connectivity index (χ0) is 19.8. The lowest BCUT2D eigenvalue weighted by Crippen LogP contribution is -2.37. The molecule has 0 aliphatic carbocycles. The third-order valence-corrected chi connectivity index (χ3v) is 4.95. The van der Waals surface area contributed by atoms with Gasteiger partial charge in [-0.1, -0.05) is 25.4 Å². The number of benzene rings is 2. The van der Waals surface area contributed by atoms with Gasteiger partial charge in [0.15, 0.2) is 0 Å². The molecular formula is C20H22ClNO5. The van der Waals surface area contributed by atoms with E-state index in [9.17, 15) is 4.79 Å². The van der Waals surface area contributed by atoms with Gasteiger partial charge in [-0.15, -0.1) is 0 Å². The molecule has 0 aromatic heterocycles. The lowest BCUT2D eigenvalue weighted by Gasteiger charge is -2.38. The molecule has 0 spiro atoms. The van der Waals surface area contributed by atoms with Gasteiger partial charge in [0.2, 0.25) is 0 Å². The van der Waals surface area contributed by atoms with Crippen molar-refractivity contribution in [2.24, 2.45) is 11.1 Å². The first kappa shape index (κ1) is 19.2. The molecule has 0 saturated carbocycles. The fourth-order valence-electron chi connectivity index (χ4n) is 3.22. The molecule has 0 bridgehead atoms. The van der Waals surface area contributed by atoms with Crippen LogP contribution >= 0.6 is 11.6 Å². The molecule has 1 atom stereocenters. The van der Waals surface area contributed by atoms with E-state index < -0.39 is 17.6 Å². The van der Waals surface area contributed by atoms with Crippen molar-refractivity contribution in [3.63, 3.8) is 0 Å². The van der Waals surface area contributed by atoms with Gasteiger partial charge in [0.25, 0.3) is 0 Å². The lowest BCUT2D eigenvalue weighted by atomic mass is 9.80. The molecule has 1 aliphatic rings. The average Bonchev–Trinajstić information content (AvgIpc) is 2.63. The molecule has 2 N–H and O–H groups in total. The molecule has 7 heteroatoms. The van der Waals surface area contributed by atoms with E-state index in [1.54, 1.807) is 32.4 Å². The molecule has 0 saturated heterocycles. The Bertz CT molecular complexity index is 881. The topological polar surface area (TPSA) is 80.0 Å². The number of halogens is 1. The molecule has 6 nitrogen and oxygen atoms in total. The van der Waals surface area contributed by atoms with E-state index >= 15 is 0 Å². The van der Waals surface area contributed by atoms with Crippen molar-refractivity contribution < 1.29 is 23.7 Å². The normalized spacial score (nSPS) is 17.4. The molecule has 1 aliphatic heterocycles. The number of fused-ring (bicyclic) bond motifs is 1. The summed E-state index contributed by atoms with van der Waals surface area (Å²) in [5.41, 5.74) is 7.03. The smallest absolute Gasteiger partial charge is 0.405 e. The van der Waals surface area contributed by atoms with Crippen LogP contribution in [0.5, 0.6) is 17.2 Å². The fourth-order valence-corrected chi connectivity index (χ4v) is 3.44. The monoisotopic (exact) mass is 391 g/mol. The maximum Gasteiger partial charge on any atom is 0.405 e. The Balaban J connectivity index is 2.17. The van der Waals surface area contributed by atoms with Gasteiger partial charge in [0.05, 0.1) is 20.8 Å². The fraction of sp³-hybridized carbons (Fsp3) is 0.350. The number of hydrogen-bond acceptors (Lipinski definition) is 5. The van der Waals surface area contributed by atoms with E-state index in [-0.39, 0.29) is 0 Å². The number of hydrogen-bond donors (Lipinski definition) is 1. The quantitative estimate of drug-likeness (QED) is 0.825. The van der Waals surface area contributed by atoms with Crippen molar-refractivity contribution in [2.75, 3.05) is 20.8 Å². The summed E-state index contributed by atoms with van der Waals surface area (Å²) in [5.74, 6) is 1.84. The minimum absolute atomic E-state index is 0.371. The minimum atomic E-state index is -0.834. The first-order chi connectivity index (χ1) is 12.8. The third kappa shape index (κ3) is 3.62. The highest BCUT2D eigenvalue weighted by atomic mass is 35.5. The van der Waals surface area contributed by atoms with Crippen molar-refractivity contribution in [1.29, 1.82) is 0 Å². The number of methoxy groups -OCH3 is 2. The Morgan fingerprint density at radius 2 is 1.93 bits per heavy atom. The summed E-state index contributed by atoms with van der Waals surface area (Å²) in [4.78, 5) is 11.4. The van der Waals surface area contributed by atoms with Gasteiger partial charge in [-0.25, -0.2) is 4.79 Å². The predicted molar refractivity (Wildman–Crippen MR) is 103 cm³/mol. The number of carbonyl (C=O) groups excluding carboxylic acids is 1. The van der Waals surface area contributed by atoms with Crippen LogP contribution in [-0.2, 0) is 4.74 Å². The summed E-state index contributed by atoms with van der Waals surface area (Å²) in [6.07, 6.45) is -1.39. The standard InChI is InChI=1S/C20H22ClNO5/c1-20(2)10-26-17-8-13(12-7-11(24-3)5-6-15(12)21)16(25-4)9-14(17)18(20)27-19(22)23/h5-9,18H,10H2,1-4H3,(H2,22,23). The van der Waals surface area contributed by atoms with Gasteiger partial charge in [0.1, 0.15) is 23.4 Å². The van der Waals surface area contributed by atoms with E-state index in [2.05, 4.69) is 0 Å². The summed E-state index contributed by atoms with van der Waals surface area (Å²) >= 11 is 6.40. The summed E-state index contributed by atoms with van der Waals surface area (Å²) in [7, 11) is 3.16. The molecule has 0 fully saturated rings. The highest BCUT2D eigenvalue weighted by molar-refractivity contribution is 6.33. The van der Waals surface area contributed by atoms with Crippen LogP contribution in [0.15, 0.2) is 30.3 Å². The first-order valence-corrected chi connectivity index (χ1v) is 8.79. The zero-order valence-electron chi connectivity index (χ0n) is 15.7. The zero-order valence-corrected chi connectivity index (χ0v) is 16.4. The van der Waals surface area contributed by atoms with Gasteiger partial charge >= 0.3 is 6.09 Å². The number of rotatable bonds is 4. The number of primary amides is 1. The second-order valence-corrected chi connectivity index (χ2v) is 7.44. The van der Waals surface area contributed by atoms with Crippen molar-refractivity contribution in [1.82, 2.24) is 0 Å². The van der Waals surface area contributed by atoms with E-state index in [1.807, 2.05) is 26.0 Å². The number of amides is 1. The van der Waals surface area contributed by atoms with Crippen molar-refractivity contribution in [3.05, 3.63) is 40.9 Å². The molecule has 3 rings (SSSR count). The highest BCUT2D eigenvalue weighted by Crippen LogP contribution is 2.49. The molecule has 0 radical (unpaired) electrons. The average molecular weight is 392 g/mol. The van der Waals surface area contributed by atoms with Crippen LogP contribution in [-0.4, -0.2) is 26.9 Å². The molecule has 2 aromatic rings. The minimum Gasteiger partial charge on any atom is -0.497 e. The van der Waals surface area contributed by atoms with E-state index in [4.69, 9.17) is 36.3 Å². The lowest BCUT2D eigenvalue weighted by molar-refractivity contribution is -0.0177. The Labute approximate surface area is 163 Å². The van der Waals surface area contributed by atoms with Gasteiger partial charge in [-0.2, -0.15) is 0 Å². The van der Waals surface area contributed by atoms with Gasteiger partial charge in [0, 0.05) is 27.1 Å². The predicted octanol–water partition coefficient (Wildman–Crippen LogP) is 4.58. The van der Waals surface area contributed by atoms with Crippen molar-refractivity contribution >= 4 is 17.7 Å². The number of ether oxygens (including phenoxy) is 4. The van der Waals surface area contributed by atoms with Crippen LogP contribution < -0.4 is 19.9 Å². The van der Waals surface area contributed by atoms with Crippen LogP contribution in [0, 0.1) is 5.41 Å². The van der Waals surface area contributed by atoms with Gasteiger partial charge in [-0.3, -0.25) is 0 Å². The first-order valence-electron chi connectivity index (χ1n) is 8.41. The van der Waals surface area contributed by atoms with E-state index in [0.29, 0.717) is 34.4 Å². The van der Waals surface area contributed by atoms with E-state index in [0.717, 1.165) is 11.1 Å². The molecule has 27 heavy (non-hydrogen) atoms. The number of carbonyl (C=O) groups is 1. The van der Waals surface area contributed by atoms with Crippen LogP contribution in [0.1, 0.15) is 25.5 Å². The van der Waals surface area contributed by atoms with Crippen LogP contribution in [0.25, 0.3) is 11.1 Å². The van der Waals surface area contributed by atoms with Crippen LogP contribution in [0.3, 0.4) is 0 Å². The summed E-state index contributed by atoms with van der Waals surface area (Å²) in [6.45, 7) is 4.27. The second-order valence-electron chi connectivity index (χ2n) is 7.03. The molecule has 1 heterocycles. The Morgan fingerprint density at radius 1 is 1.19 bits per heavy atom. The molecule has 2 aromatic carbocycles. The molecule has 1 unspecified atom stereocenters. The van der Waals surface area contributed by atoms with Crippen molar-refractivity contribution in [2.45, 2.75) is 20.0 Å². The van der Waals surface area contributed by atoms with Crippen molar-refractivity contribution in [3.8, 4) is 28.4 Å². The third-order valence-electron chi connectivity index (χ3n) is 4.62. The Kier molecular flexibility index (Phi) is 5.11. The highest BCUT2D eigenvalue weighted by Gasteiger charge is 2.41.